The zero-order valence-electron chi connectivity index (χ0n) is 22.8. The maximum absolute atomic E-state index is 13.9. The van der Waals surface area contributed by atoms with Gasteiger partial charge in [0.05, 0.1) is 19.7 Å². The van der Waals surface area contributed by atoms with Gasteiger partial charge in [0, 0.05) is 18.0 Å². The number of amides is 2. The fourth-order valence-corrected chi connectivity index (χ4v) is 5.22. The summed E-state index contributed by atoms with van der Waals surface area (Å²) in [5.41, 5.74) is 2.44. The van der Waals surface area contributed by atoms with Gasteiger partial charge in [-0.05, 0) is 60.0 Å². The summed E-state index contributed by atoms with van der Waals surface area (Å²) in [4.78, 5) is 30.0. The van der Waals surface area contributed by atoms with Crippen molar-refractivity contribution >= 4 is 34.2 Å². The molecule has 39 heavy (non-hydrogen) atoms. The van der Waals surface area contributed by atoms with Crippen molar-refractivity contribution in [1.82, 2.24) is 25.2 Å². The van der Waals surface area contributed by atoms with Gasteiger partial charge in [0.25, 0.3) is 0 Å². The van der Waals surface area contributed by atoms with E-state index >= 15 is 0 Å². The van der Waals surface area contributed by atoms with Gasteiger partial charge in [-0.25, -0.2) is 4.68 Å². The minimum atomic E-state index is -0.764. The molecule has 4 rings (SSSR count). The lowest BCUT2D eigenvalue weighted by molar-refractivity contribution is -0.141. The molecule has 2 amide bonds. The molecule has 9 nitrogen and oxygen atoms in total. The predicted octanol–water partition coefficient (Wildman–Crippen LogP) is 4.48. The van der Waals surface area contributed by atoms with E-state index in [0.717, 1.165) is 22.4 Å². The number of nitrogens with zero attached hydrogens (tertiary/aromatic N) is 4. The number of para-hydroxylation sites is 1. The summed E-state index contributed by atoms with van der Waals surface area (Å²) in [6.45, 7) is 5.06. The molecule has 4 aromatic rings. The number of hydrogen-bond acceptors (Lipinski definition) is 7. The van der Waals surface area contributed by atoms with Gasteiger partial charge in [0.2, 0.25) is 11.8 Å². The number of benzene rings is 2. The lowest BCUT2D eigenvalue weighted by Crippen LogP contribution is -2.45. The fraction of sp³-hybridized carbons (Fsp3) is 0.379. The highest BCUT2D eigenvalue weighted by Crippen LogP contribution is 2.30. The topological polar surface area (TPSA) is 98.6 Å². The van der Waals surface area contributed by atoms with Gasteiger partial charge in [0.1, 0.15) is 18.1 Å². The Morgan fingerprint density at radius 3 is 2.56 bits per heavy atom. The minimum Gasteiger partial charge on any atom is -0.493 e. The van der Waals surface area contributed by atoms with Crippen LogP contribution in [0.5, 0.6) is 11.5 Å². The summed E-state index contributed by atoms with van der Waals surface area (Å²) in [6, 6.07) is 16.2. The summed E-state index contributed by atoms with van der Waals surface area (Å²) in [7, 11) is 3.18. The van der Waals surface area contributed by atoms with Crippen LogP contribution in [-0.4, -0.2) is 59.0 Å². The lowest BCUT2D eigenvalue weighted by atomic mass is 10.1. The number of carbonyl (C=O) groups is 2. The van der Waals surface area contributed by atoms with Crippen LogP contribution in [0.25, 0.3) is 11.0 Å². The number of methoxy groups -OCH3 is 2. The van der Waals surface area contributed by atoms with E-state index in [1.165, 1.54) is 11.3 Å². The first-order valence-electron chi connectivity index (χ1n) is 13.0. The standard InChI is InChI=1S/C29H35N5O4S/c1-20(2)13-15-30-29(36)28(26-10-7-17-39-26)33(16-14-21-11-12-24(37-3)25(18-21)38-4)27(35)19-34-23-9-6-5-8-22(23)31-32-34/h5-12,17-18,20,28H,13-16,19H2,1-4H3,(H,30,36)/t28-/m1/s1. The Balaban J connectivity index is 1.64. The summed E-state index contributed by atoms with van der Waals surface area (Å²) in [5.74, 6) is 1.29. The van der Waals surface area contributed by atoms with Crippen LogP contribution in [0.15, 0.2) is 60.0 Å². The van der Waals surface area contributed by atoms with E-state index in [4.69, 9.17) is 9.47 Å². The zero-order valence-corrected chi connectivity index (χ0v) is 23.6. The van der Waals surface area contributed by atoms with Crippen molar-refractivity contribution in [1.29, 1.82) is 0 Å². The normalized spacial score (nSPS) is 11.9. The fourth-order valence-electron chi connectivity index (χ4n) is 4.39. The molecule has 10 heteroatoms. The third kappa shape index (κ3) is 6.94. The Kier molecular flexibility index (Phi) is 9.54. The van der Waals surface area contributed by atoms with Gasteiger partial charge in [-0.3, -0.25) is 9.59 Å². The van der Waals surface area contributed by atoms with Crippen molar-refractivity contribution in [2.45, 2.75) is 39.3 Å². The van der Waals surface area contributed by atoms with Crippen molar-refractivity contribution in [3.63, 3.8) is 0 Å². The molecule has 0 aliphatic rings. The lowest BCUT2D eigenvalue weighted by Gasteiger charge is -2.31. The molecule has 1 N–H and O–H groups in total. The molecule has 1 atom stereocenters. The Hall–Kier alpha value is -3.92. The number of rotatable bonds is 13. The van der Waals surface area contributed by atoms with Crippen molar-refractivity contribution < 1.29 is 19.1 Å². The van der Waals surface area contributed by atoms with Crippen LogP contribution < -0.4 is 14.8 Å². The summed E-state index contributed by atoms with van der Waals surface area (Å²) < 4.78 is 12.4. The monoisotopic (exact) mass is 549 g/mol. The average Bonchev–Trinajstić information content (AvgIpc) is 3.61. The van der Waals surface area contributed by atoms with Gasteiger partial charge in [-0.1, -0.05) is 43.3 Å². The molecule has 2 heterocycles. The SMILES string of the molecule is COc1ccc(CCN(C(=O)Cn2nnc3ccccc32)[C@@H](C(=O)NCCC(C)C)c2cccs2)cc1OC. The van der Waals surface area contributed by atoms with E-state index in [1.54, 1.807) is 23.8 Å². The van der Waals surface area contributed by atoms with Crippen LogP contribution >= 0.6 is 11.3 Å². The van der Waals surface area contributed by atoms with Gasteiger partial charge >= 0.3 is 0 Å². The Morgan fingerprint density at radius 2 is 1.85 bits per heavy atom. The molecule has 0 unspecified atom stereocenters. The molecular formula is C29H35N5O4S. The van der Waals surface area contributed by atoms with E-state index in [1.807, 2.05) is 60.0 Å². The first kappa shape index (κ1) is 28.1. The third-order valence-corrected chi connectivity index (χ3v) is 7.43. The molecular weight excluding hydrogens is 514 g/mol. The maximum atomic E-state index is 13.9. The molecule has 0 saturated heterocycles. The van der Waals surface area contributed by atoms with Crippen LogP contribution in [0.4, 0.5) is 0 Å². The summed E-state index contributed by atoms with van der Waals surface area (Å²) in [5, 5.41) is 13.4. The molecule has 206 valence electrons. The van der Waals surface area contributed by atoms with Crippen LogP contribution in [0.2, 0.25) is 0 Å². The maximum Gasteiger partial charge on any atom is 0.248 e. The molecule has 0 radical (unpaired) electrons. The van der Waals surface area contributed by atoms with Crippen LogP contribution in [0.1, 0.15) is 36.8 Å². The van der Waals surface area contributed by atoms with Crippen LogP contribution in [0.3, 0.4) is 0 Å². The number of aromatic nitrogens is 3. The quantitative estimate of drug-likeness (QED) is 0.264. The van der Waals surface area contributed by atoms with Crippen molar-refractivity contribution in [2.75, 3.05) is 27.3 Å². The third-order valence-electron chi connectivity index (χ3n) is 6.51. The molecule has 0 aliphatic carbocycles. The van der Waals surface area contributed by atoms with Crippen molar-refractivity contribution in [2.24, 2.45) is 5.92 Å². The highest BCUT2D eigenvalue weighted by molar-refractivity contribution is 7.10. The molecule has 0 bridgehead atoms. The largest absolute Gasteiger partial charge is 0.493 e. The minimum absolute atomic E-state index is 0.0341. The van der Waals surface area contributed by atoms with E-state index in [9.17, 15) is 9.59 Å². The second-order valence-corrected chi connectivity index (χ2v) is 10.6. The zero-order chi connectivity index (χ0) is 27.8. The number of nitrogens with one attached hydrogen (secondary N) is 1. The highest BCUT2D eigenvalue weighted by atomic mass is 32.1. The van der Waals surface area contributed by atoms with Gasteiger partial charge in [0.15, 0.2) is 11.5 Å². The van der Waals surface area contributed by atoms with Crippen molar-refractivity contribution in [3.8, 4) is 11.5 Å². The Morgan fingerprint density at radius 1 is 1.05 bits per heavy atom. The first-order valence-corrected chi connectivity index (χ1v) is 13.9. The first-order chi connectivity index (χ1) is 18.9. The number of fused-ring (bicyclic) bond motifs is 1. The molecule has 0 spiro atoms. The number of ether oxygens (including phenoxy) is 2. The predicted molar refractivity (Wildman–Crippen MR) is 152 cm³/mol. The number of hydrogen-bond donors (Lipinski definition) is 1. The highest BCUT2D eigenvalue weighted by Gasteiger charge is 2.32. The Bertz CT molecular complexity index is 1390. The second kappa shape index (κ2) is 13.2. The second-order valence-electron chi connectivity index (χ2n) is 9.65. The molecule has 0 aliphatic heterocycles. The summed E-state index contributed by atoms with van der Waals surface area (Å²) >= 11 is 1.46. The average molecular weight is 550 g/mol. The van der Waals surface area contributed by atoms with Gasteiger partial charge in [-0.15, -0.1) is 16.4 Å². The Labute approximate surface area is 232 Å². The number of thiophene rings is 1. The van der Waals surface area contributed by atoms with E-state index < -0.39 is 6.04 Å². The molecule has 0 saturated carbocycles. The van der Waals surface area contributed by atoms with E-state index in [0.29, 0.717) is 42.4 Å². The molecule has 2 aromatic carbocycles. The van der Waals surface area contributed by atoms with Crippen molar-refractivity contribution in [3.05, 3.63) is 70.4 Å². The van der Waals surface area contributed by atoms with Gasteiger partial charge in [-0.2, -0.15) is 0 Å². The van der Waals surface area contributed by atoms with Gasteiger partial charge < -0.3 is 19.7 Å². The number of carbonyl (C=O) groups excluding carboxylic acids is 2. The summed E-state index contributed by atoms with van der Waals surface area (Å²) in [6.07, 6.45) is 1.37. The molecule has 2 aromatic heterocycles. The molecule has 0 fully saturated rings. The smallest absolute Gasteiger partial charge is 0.248 e. The van der Waals surface area contributed by atoms with Crippen LogP contribution in [-0.2, 0) is 22.6 Å². The van der Waals surface area contributed by atoms with E-state index in [2.05, 4.69) is 29.5 Å². The van der Waals surface area contributed by atoms with E-state index in [-0.39, 0.29) is 18.4 Å². The van der Waals surface area contributed by atoms with Crippen LogP contribution in [0, 0.1) is 5.92 Å².